The second-order valence-electron chi connectivity index (χ2n) is 3.40. The van der Waals surface area contributed by atoms with Gasteiger partial charge in [-0.3, -0.25) is 4.79 Å². The Balaban J connectivity index is 1.95. The number of rotatable bonds is 2. The zero-order valence-corrected chi connectivity index (χ0v) is 9.14. The highest BCUT2D eigenvalue weighted by Gasteiger charge is 2.27. The predicted octanol–water partition coefficient (Wildman–Crippen LogP) is 2.03. The van der Waals surface area contributed by atoms with E-state index in [0.717, 1.165) is 19.3 Å². The van der Waals surface area contributed by atoms with Gasteiger partial charge in [0.1, 0.15) is 5.69 Å². The SMILES string of the molecule is O=C(NC1CCCC1Cl)c1cscn1. The summed E-state index contributed by atoms with van der Waals surface area (Å²) in [7, 11) is 0. The summed E-state index contributed by atoms with van der Waals surface area (Å²) < 4.78 is 0. The summed E-state index contributed by atoms with van der Waals surface area (Å²) in [5, 5.41) is 4.73. The van der Waals surface area contributed by atoms with E-state index in [1.165, 1.54) is 11.3 Å². The second kappa shape index (κ2) is 4.28. The van der Waals surface area contributed by atoms with Crippen molar-refractivity contribution in [1.29, 1.82) is 0 Å². The zero-order valence-electron chi connectivity index (χ0n) is 7.57. The van der Waals surface area contributed by atoms with E-state index in [4.69, 9.17) is 11.6 Å². The van der Waals surface area contributed by atoms with Gasteiger partial charge in [-0.1, -0.05) is 0 Å². The maximum Gasteiger partial charge on any atom is 0.271 e. The molecule has 5 heteroatoms. The molecule has 0 aliphatic heterocycles. The van der Waals surface area contributed by atoms with E-state index < -0.39 is 0 Å². The Morgan fingerprint density at radius 1 is 1.64 bits per heavy atom. The fourth-order valence-corrected chi connectivity index (χ4v) is 2.52. The highest BCUT2D eigenvalue weighted by molar-refractivity contribution is 7.07. The highest BCUT2D eigenvalue weighted by Crippen LogP contribution is 2.24. The maximum atomic E-state index is 11.6. The first-order valence-corrected chi connectivity index (χ1v) is 5.98. The fraction of sp³-hybridized carbons (Fsp3) is 0.556. The van der Waals surface area contributed by atoms with Crippen molar-refractivity contribution in [3.05, 3.63) is 16.6 Å². The van der Waals surface area contributed by atoms with Gasteiger partial charge in [-0.2, -0.15) is 0 Å². The van der Waals surface area contributed by atoms with E-state index in [1.807, 2.05) is 0 Å². The van der Waals surface area contributed by atoms with E-state index >= 15 is 0 Å². The number of alkyl halides is 1. The summed E-state index contributed by atoms with van der Waals surface area (Å²) in [6.07, 6.45) is 3.06. The third-order valence-corrected chi connectivity index (χ3v) is 3.52. The molecule has 1 fully saturated rings. The Morgan fingerprint density at radius 3 is 3.07 bits per heavy atom. The van der Waals surface area contributed by atoms with Crippen molar-refractivity contribution in [3.63, 3.8) is 0 Å². The molecule has 0 aromatic carbocycles. The first-order valence-electron chi connectivity index (χ1n) is 4.60. The number of hydrogen-bond acceptors (Lipinski definition) is 3. The molecule has 2 rings (SSSR count). The smallest absolute Gasteiger partial charge is 0.271 e. The van der Waals surface area contributed by atoms with Crippen LogP contribution in [0.4, 0.5) is 0 Å². The predicted molar refractivity (Wildman–Crippen MR) is 56.9 cm³/mol. The van der Waals surface area contributed by atoms with Crippen LogP contribution in [0.25, 0.3) is 0 Å². The summed E-state index contributed by atoms with van der Waals surface area (Å²) in [6, 6.07) is 0.117. The molecule has 0 spiro atoms. The van der Waals surface area contributed by atoms with E-state index in [9.17, 15) is 4.79 Å². The molecule has 1 amide bonds. The molecule has 14 heavy (non-hydrogen) atoms. The van der Waals surface area contributed by atoms with E-state index in [2.05, 4.69) is 10.3 Å². The largest absolute Gasteiger partial charge is 0.346 e. The molecular formula is C9H11ClN2OS. The molecule has 1 aromatic rings. The van der Waals surface area contributed by atoms with Crippen molar-refractivity contribution >= 4 is 28.8 Å². The van der Waals surface area contributed by atoms with Crippen molar-refractivity contribution in [1.82, 2.24) is 10.3 Å². The summed E-state index contributed by atoms with van der Waals surface area (Å²) in [4.78, 5) is 15.5. The van der Waals surface area contributed by atoms with Crippen LogP contribution in [-0.4, -0.2) is 22.3 Å². The number of carbonyl (C=O) groups is 1. The normalized spacial score (nSPS) is 26.4. The van der Waals surface area contributed by atoms with Gasteiger partial charge < -0.3 is 5.32 Å². The number of amides is 1. The summed E-state index contributed by atoms with van der Waals surface area (Å²) in [5.74, 6) is -0.108. The van der Waals surface area contributed by atoms with E-state index in [0.29, 0.717) is 5.69 Å². The van der Waals surface area contributed by atoms with Crippen LogP contribution in [0.1, 0.15) is 29.8 Å². The third-order valence-electron chi connectivity index (χ3n) is 2.41. The number of nitrogens with one attached hydrogen (secondary N) is 1. The van der Waals surface area contributed by atoms with Gasteiger partial charge in [0.15, 0.2) is 0 Å². The third kappa shape index (κ3) is 2.07. The van der Waals surface area contributed by atoms with Gasteiger partial charge in [0.25, 0.3) is 5.91 Å². The Kier molecular flexibility index (Phi) is 3.03. The average molecular weight is 231 g/mol. The minimum atomic E-state index is -0.108. The van der Waals surface area contributed by atoms with Crippen molar-refractivity contribution in [3.8, 4) is 0 Å². The van der Waals surface area contributed by atoms with E-state index in [1.54, 1.807) is 10.9 Å². The summed E-state index contributed by atoms with van der Waals surface area (Å²) in [5.41, 5.74) is 2.15. The molecule has 0 saturated heterocycles. The standard InChI is InChI=1S/C9H11ClN2OS/c10-6-2-1-3-7(6)12-9(13)8-4-14-5-11-8/h4-7H,1-3H2,(H,12,13). The van der Waals surface area contributed by atoms with Gasteiger partial charge in [-0.15, -0.1) is 22.9 Å². The monoisotopic (exact) mass is 230 g/mol. The summed E-state index contributed by atoms with van der Waals surface area (Å²) >= 11 is 7.47. The first-order chi connectivity index (χ1) is 6.77. The van der Waals surface area contributed by atoms with Crippen molar-refractivity contribution < 1.29 is 4.79 Å². The molecule has 0 bridgehead atoms. The highest BCUT2D eigenvalue weighted by atomic mass is 35.5. The minimum Gasteiger partial charge on any atom is -0.346 e. The van der Waals surface area contributed by atoms with Crippen LogP contribution in [0, 0.1) is 0 Å². The Bertz CT molecular complexity index is 315. The Labute approximate surface area is 91.5 Å². The van der Waals surface area contributed by atoms with Gasteiger partial charge in [0.2, 0.25) is 0 Å². The number of halogens is 1. The lowest BCUT2D eigenvalue weighted by atomic mass is 10.2. The molecular weight excluding hydrogens is 220 g/mol. The van der Waals surface area contributed by atoms with Crippen molar-refractivity contribution in [2.45, 2.75) is 30.7 Å². The van der Waals surface area contributed by atoms with Crippen LogP contribution in [0.5, 0.6) is 0 Å². The topological polar surface area (TPSA) is 42.0 Å². The van der Waals surface area contributed by atoms with Crippen LogP contribution in [0.15, 0.2) is 10.9 Å². The number of aromatic nitrogens is 1. The zero-order chi connectivity index (χ0) is 9.97. The lowest BCUT2D eigenvalue weighted by Gasteiger charge is -2.14. The second-order valence-corrected chi connectivity index (χ2v) is 4.68. The number of nitrogens with zero attached hydrogens (tertiary/aromatic N) is 1. The molecule has 1 aliphatic rings. The number of hydrogen-bond donors (Lipinski definition) is 1. The molecule has 2 atom stereocenters. The van der Waals surface area contributed by atoms with Crippen LogP contribution in [0.3, 0.4) is 0 Å². The van der Waals surface area contributed by atoms with Gasteiger partial charge in [-0.25, -0.2) is 4.98 Å². The van der Waals surface area contributed by atoms with Crippen molar-refractivity contribution in [2.75, 3.05) is 0 Å². The maximum absolute atomic E-state index is 11.6. The Hall–Kier alpha value is -0.610. The average Bonchev–Trinajstić information content (AvgIpc) is 2.77. The molecule has 1 N–H and O–H groups in total. The quantitative estimate of drug-likeness (QED) is 0.790. The van der Waals surface area contributed by atoms with Gasteiger partial charge in [0.05, 0.1) is 10.9 Å². The molecule has 2 unspecified atom stereocenters. The number of thiazole rings is 1. The molecule has 0 radical (unpaired) electrons. The number of carbonyl (C=O) groups excluding carboxylic acids is 1. The molecule has 76 valence electrons. The molecule has 1 aromatic heterocycles. The molecule has 1 aliphatic carbocycles. The lowest BCUT2D eigenvalue weighted by Crippen LogP contribution is -2.37. The van der Waals surface area contributed by atoms with Crippen molar-refractivity contribution in [2.24, 2.45) is 0 Å². The minimum absolute atomic E-state index is 0.0811. The van der Waals surface area contributed by atoms with Crippen LogP contribution in [0.2, 0.25) is 0 Å². The van der Waals surface area contributed by atoms with Gasteiger partial charge in [0, 0.05) is 11.4 Å². The lowest BCUT2D eigenvalue weighted by molar-refractivity contribution is 0.0934. The molecule has 1 saturated carbocycles. The van der Waals surface area contributed by atoms with E-state index in [-0.39, 0.29) is 17.3 Å². The van der Waals surface area contributed by atoms with Crippen LogP contribution >= 0.6 is 22.9 Å². The Morgan fingerprint density at radius 2 is 2.50 bits per heavy atom. The molecule has 1 heterocycles. The fourth-order valence-electron chi connectivity index (χ4n) is 1.64. The van der Waals surface area contributed by atoms with Crippen LogP contribution in [-0.2, 0) is 0 Å². The summed E-state index contributed by atoms with van der Waals surface area (Å²) in [6.45, 7) is 0. The van der Waals surface area contributed by atoms with Gasteiger partial charge >= 0.3 is 0 Å². The van der Waals surface area contributed by atoms with Gasteiger partial charge in [-0.05, 0) is 19.3 Å². The molecule has 3 nitrogen and oxygen atoms in total. The van der Waals surface area contributed by atoms with Crippen LogP contribution < -0.4 is 5.32 Å². The first kappa shape index (κ1) is 9.93.